The van der Waals surface area contributed by atoms with Crippen molar-refractivity contribution in [2.45, 2.75) is 10.1 Å². The highest BCUT2D eigenvalue weighted by molar-refractivity contribution is 8.00. The SMILES string of the molecule is c1ccc(C(Sc2cccc3cccnc23)c2ccccc2)cc1. The van der Waals surface area contributed by atoms with Crippen LogP contribution in [0, 0.1) is 0 Å². The first-order chi connectivity index (χ1) is 11.9. The average Bonchev–Trinajstić information content (AvgIpc) is 2.67. The molecule has 2 heteroatoms. The second-order valence-corrected chi connectivity index (χ2v) is 6.80. The van der Waals surface area contributed by atoms with E-state index in [1.807, 2.05) is 24.0 Å². The Labute approximate surface area is 146 Å². The molecule has 116 valence electrons. The van der Waals surface area contributed by atoms with Crippen LogP contribution in [0.2, 0.25) is 0 Å². The molecule has 0 atom stereocenters. The van der Waals surface area contributed by atoms with Crippen molar-refractivity contribution >= 4 is 22.7 Å². The summed E-state index contributed by atoms with van der Waals surface area (Å²) >= 11 is 1.86. The number of hydrogen-bond donors (Lipinski definition) is 0. The molecule has 0 aliphatic carbocycles. The van der Waals surface area contributed by atoms with Gasteiger partial charge in [-0.25, -0.2) is 0 Å². The molecule has 24 heavy (non-hydrogen) atoms. The van der Waals surface area contributed by atoms with Crippen molar-refractivity contribution in [2.24, 2.45) is 0 Å². The Morgan fingerprint density at radius 2 is 1.25 bits per heavy atom. The third-order valence-corrected chi connectivity index (χ3v) is 5.41. The summed E-state index contributed by atoms with van der Waals surface area (Å²) in [6, 6.07) is 31.8. The summed E-state index contributed by atoms with van der Waals surface area (Å²) in [5.41, 5.74) is 3.69. The standard InChI is InChI=1S/C22H17NS/c1-3-9-18(10-4-1)22(19-11-5-2-6-12-19)24-20-15-7-13-17-14-8-16-23-21(17)20/h1-16,22H. The van der Waals surface area contributed by atoms with E-state index in [0.29, 0.717) is 0 Å². The maximum atomic E-state index is 4.60. The lowest BCUT2D eigenvalue weighted by Crippen LogP contribution is -1.97. The Morgan fingerprint density at radius 3 is 1.92 bits per heavy atom. The van der Waals surface area contributed by atoms with Gasteiger partial charge in [-0.15, -0.1) is 11.8 Å². The molecular formula is C22H17NS. The summed E-state index contributed by atoms with van der Waals surface area (Å²) in [5.74, 6) is 0. The van der Waals surface area contributed by atoms with Gasteiger partial charge >= 0.3 is 0 Å². The summed E-state index contributed by atoms with van der Waals surface area (Å²) in [5, 5.41) is 1.43. The maximum Gasteiger partial charge on any atom is 0.0837 e. The Balaban J connectivity index is 1.80. The summed E-state index contributed by atoms with van der Waals surface area (Å²) in [4.78, 5) is 5.81. The third kappa shape index (κ3) is 3.06. The van der Waals surface area contributed by atoms with Gasteiger partial charge in [0.25, 0.3) is 0 Å². The molecule has 0 unspecified atom stereocenters. The minimum absolute atomic E-state index is 0.250. The zero-order valence-corrected chi connectivity index (χ0v) is 14.0. The first-order valence-electron chi connectivity index (χ1n) is 8.02. The number of nitrogens with zero attached hydrogens (tertiary/aromatic N) is 1. The van der Waals surface area contributed by atoms with Crippen LogP contribution in [0.1, 0.15) is 16.4 Å². The van der Waals surface area contributed by atoms with Gasteiger partial charge < -0.3 is 0 Å². The van der Waals surface area contributed by atoms with Crippen LogP contribution in [-0.4, -0.2) is 4.98 Å². The third-order valence-electron chi connectivity index (χ3n) is 4.05. The molecule has 0 saturated carbocycles. The van der Waals surface area contributed by atoms with Crippen LogP contribution in [0.15, 0.2) is 102 Å². The number of fused-ring (bicyclic) bond motifs is 1. The molecule has 3 aromatic carbocycles. The molecule has 0 fully saturated rings. The van der Waals surface area contributed by atoms with E-state index in [1.165, 1.54) is 21.4 Å². The van der Waals surface area contributed by atoms with Gasteiger partial charge in [-0.2, -0.15) is 0 Å². The number of benzene rings is 3. The smallest absolute Gasteiger partial charge is 0.0837 e. The fourth-order valence-corrected chi connectivity index (χ4v) is 4.16. The Bertz CT molecular complexity index is 891. The molecule has 0 spiro atoms. The fraction of sp³-hybridized carbons (Fsp3) is 0.0455. The van der Waals surface area contributed by atoms with Crippen LogP contribution in [0.5, 0.6) is 0 Å². The van der Waals surface area contributed by atoms with Crippen molar-refractivity contribution in [3.05, 3.63) is 108 Å². The van der Waals surface area contributed by atoms with Crippen molar-refractivity contribution in [2.75, 3.05) is 0 Å². The van der Waals surface area contributed by atoms with Crippen LogP contribution in [0.3, 0.4) is 0 Å². The van der Waals surface area contributed by atoms with Gasteiger partial charge in [0, 0.05) is 16.5 Å². The Kier molecular flexibility index (Phi) is 4.30. The normalized spacial score (nSPS) is 11.0. The quantitative estimate of drug-likeness (QED) is 0.419. The highest BCUT2D eigenvalue weighted by Gasteiger charge is 2.17. The minimum Gasteiger partial charge on any atom is -0.255 e. The van der Waals surface area contributed by atoms with E-state index >= 15 is 0 Å². The van der Waals surface area contributed by atoms with Crippen molar-refractivity contribution in [3.63, 3.8) is 0 Å². The van der Waals surface area contributed by atoms with Crippen LogP contribution >= 0.6 is 11.8 Å². The van der Waals surface area contributed by atoms with E-state index in [-0.39, 0.29) is 5.25 Å². The molecule has 0 aliphatic rings. The number of pyridine rings is 1. The van der Waals surface area contributed by atoms with Gasteiger partial charge in [-0.05, 0) is 23.3 Å². The predicted octanol–water partition coefficient (Wildman–Crippen LogP) is 6.12. The maximum absolute atomic E-state index is 4.60. The molecule has 1 nitrogen and oxygen atoms in total. The number of thioether (sulfide) groups is 1. The van der Waals surface area contributed by atoms with E-state index in [1.54, 1.807) is 0 Å². The number of rotatable bonds is 4. The molecule has 1 heterocycles. The molecule has 0 bridgehead atoms. The van der Waals surface area contributed by atoms with Crippen LogP contribution in [0.4, 0.5) is 0 Å². The first-order valence-corrected chi connectivity index (χ1v) is 8.90. The Hall–Kier alpha value is -2.58. The second-order valence-electron chi connectivity index (χ2n) is 5.65. The zero-order chi connectivity index (χ0) is 16.2. The highest BCUT2D eigenvalue weighted by Crippen LogP contribution is 2.42. The van der Waals surface area contributed by atoms with E-state index in [4.69, 9.17) is 0 Å². The average molecular weight is 327 g/mol. The summed E-state index contributed by atoms with van der Waals surface area (Å²) < 4.78 is 0. The van der Waals surface area contributed by atoms with Crippen LogP contribution < -0.4 is 0 Å². The lowest BCUT2D eigenvalue weighted by molar-refractivity contribution is 1.15. The molecule has 4 aromatic rings. The van der Waals surface area contributed by atoms with Crippen molar-refractivity contribution < 1.29 is 0 Å². The fourth-order valence-electron chi connectivity index (χ4n) is 2.88. The van der Waals surface area contributed by atoms with E-state index < -0.39 is 0 Å². The van der Waals surface area contributed by atoms with Gasteiger partial charge in [-0.3, -0.25) is 4.98 Å². The molecule has 1 aromatic heterocycles. The number of hydrogen-bond acceptors (Lipinski definition) is 2. The minimum atomic E-state index is 0.250. The topological polar surface area (TPSA) is 12.9 Å². The zero-order valence-electron chi connectivity index (χ0n) is 13.2. The van der Waals surface area contributed by atoms with E-state index in [9.17, 15) is 0 Å². The summed E-state index contributed by atoms with van der Waals surface area (Å²) in [6.45, 7) is 0. The van der Waals surface area contributed by atoms with Crippen molar-refractivity contribution in [3.8, 4) is 0 Å². The predicted molar refractivity (Wildman–Crippen MR) is 102 cm³/mol. The molecule has 4 rings (SSSR count). The molecule has 0 aliphatic heterocycles. The van der Waals surface area contributed by atoms with E-state index in [2.05, 4.69) is 89.9 Å². The molecular weight excluding hydrogens is 310 g/mol. The molecule has 0 saturated heterocycles. The second kappa shape index (κ2) is 6.90. The monoisotopic (exact) mass is 327 g/mol. The lowest BCUT2D eigenvalue weighted by atomic mass is 10.0. The van der Waals surface area contributed by atoms with Gasteiger partial charge in [0.1, 0.15) is 0 Å². The van der Waals surface area contributed by atoms with Crippen molar-refractivity contribution in [1.29, 1.82) is 0 Å². The van der Waals surface area contributed by atoms with Gasteiger partial charge in [-0.1, -0.05) is 78.9 Å². The first kappa shape index (κ1) is 15.0. The summed E-state index contributed by atoms with van der Waals surface area (Å²) in [6.07, 6.45) is 1.87. The molecule has 0 amide bonds. The molecule has 0 N–H and O–H groups in total. The van der Waals surface area contributed by atoms with Crippen LogP contribution in [-0.2, 0) is 0 Å². The lowest BCUT2D eigenvalue weighted by Gasteiger charge is -2.18. The highest BCUT2D eigenvalue weighted by atomic mass is 32.2. The van der Waals surface area contributed by atoms with Crippen molar-refractivity contribution in [1.82, 2.24) is 4.98 Å². The van der Waals surface area contributed by atoms with Gasteiger partial charge in [0.15, 0.2) is 0 Å². The molecule has 0 radical (unpaired) electrons. The van der Waals surface area contributed by atoms with Gasteiger partial charge in [0.05, 0.1) is 10.8 Å². The van der Waals surface area contributed by atoms with E-state index in [0.717, 1.165) is 5.52 Å². The van der Waals surface area contributed by atoms with Gasteiger partial charge in [0.2, 0.25) is 0 Å². The van der Waals surface area contributed by atoms with Crippen LogP contribution in [0.25, 0.3) is 10.9 Å². The number of para-hydroxylation sites is 1. The summed E-state index contributed by atoms with van der Waals surface area (Å²) in [7, 11) is 0. The largest absolute Gasteiger partial charge is 0.255 e. The number of aromatic nitrogens is 1. The Morgan fingerprint density at radius 1 is 0.625 bits per heavy atom.